The molecule has 0 aromatic heterocycles. The van der Waals surface area contributed by atoms with E-state index >= 15 is 0 Å². The summed E-state index contributed by atoms with van der Waals surface area (Å²) in [5.74, 6) is -0.404. The first-order chi connectivity index (χ1) is 10.7. The van der Waals surface area contributed by atoms with Gasteiger partial charge in [-0.05, 0) is 70.2 Å². The van der Waals surface area contributed by atoms with Crippen LogP contribution in [-0.4, -0.2) is 18.1 Å². The summed E-state index contributed by atoms with van der Waals surface area (Å²) in [7, 11) is 0. The van der Waals surface area contributed by atoms with Crippen LogP contribution in [0.4, 0.5) is 4.39 Å². The number of hydrogen-bond acceptors (Lipinski definition) is 3. The zero-order valence-corrected chi connectivity index (χ0v) is 14.9. The molecule has 1 N–H and O–H groups in total. The van der Waals surface area contributed by atoms with E-state index in [1.165, 1.54) is 0 Å². The van der Waals surface area contributed by atoms with Crippen molar-refractivity contribution in [3.63, 3.8) is 0 Å². The number of halogens is 1. The number of carbonyl (C=O) groups excluding carboxylic acids is 1. The maximum Gasteiger partial charge on any atom is 0.312 e. The van der Waals surface area contributed by atoms with Crippen LogP contribution in [0.2, 0.25) is 0 Å². The molecule has 1 aromatic rings. The third-order valence-electron chi connectivity index (χ3n) is 4.54. The molecular formula is C19H28FNO2. The fourth-order valence-corrected chi connectivity index (χ4v) is 2.88. The minimum Gasteiger partial charge on any atom is -0.460 e. The van der Waals surface area contributed by atoms with Crippen LogP contribution in [0.15, 0.2) is 12.1 Å². The number of carbonyl (C=O) groups is 1. The summed E-state index contributed by atoms with van der Waals surface area (Å²) in [6.45, 7) is 10.9. The van der Waals surface area contributed by atoms with Crippen molar-refractivity contribution in [2.45, 2.75) is 66.0 Å². The van der Waals surface area contributed by atoms with E-state index < -0.39 is 11.0 Å². The Morgan fingerprint density at radius 3 is 2.61 bits per heavy atom. The van der Waals surface area contributed by atoms with Crippen molar-refractivity contribution in [1.82, 2.24) is 5.32 Å². The number of fused-ring (bicyclic) bond motifs is 1. The summed E-state index contributed by atoms with van der Waals surface area (Å²) in [6.07, 6.45) is 1.68. The summed E-state index contributed by atoms with van der Waals surface area (Å²) in [4.78, 5) is 12.6. The molecule has 0 aliphatic carbocycles. The summed E-state index contributed by atoms with van der Waals surface area (Å²) >= 11 is 0. The predicted molar refractivity (Wildman–Crippen MR) is 89.8 cm³/mol. The van der Waals surface area contributed by atoms with Gasteiger partial charge in [0.25, 0.3) is 0 Å². The van der Waals surface area contributed by atoms with Crippen molar-refractivity contribution >= 4 is 5.97 Å². The largest absolute Gasteiger partial charge is 0.460 e. The Bertz CT molecular complexity index is 592. The van der Waals surface area contributed by atoms with E-state index in [2.05, 4.69) is 5.32 Å². The lowest BCUT2D eigenvalue weighted by molar-refractivity contribution is -0.166. The number of nitrogens with one attached hydrogen (secondary N) is 1. The van der Waals surface area contributed by atoms with Gasteiger partial charge in [0.2, 0.25) is 0 Å². The zero-order chi connectivity index (χ0) is 17.3. The summed E-state index contributed by atoms with van der Waals surface area (Å²) in [5, 5.41) is 3.25. The molecular weight excluding hydrogens is 293 g/mol. The van der Waals surface area contributed by atoms with Crippen LogP contribution in [0, 0.1) is 11.2 Å². The maximum atomic E-state index is 14.8. The number of ether oxygens (including phenoxy) is 1. The Balaban J connectivity index is 2.26. The van der Waals surface area contributed by atoms with Crippen molar-refractivity contribution in [1.29, 1.82) is 0 Å². The Labute approximate surface area is 138 Å². The Morgan fingerprint density at radius 2 is 2.00 bits per heavy atom. The van der Waals surface area contributed by atoms with Crippen LogP contribution in [0.3, 0.4) is 0 Å². The van der Waals surface area contributed by atoms with E-state index in [9.17, 15) is 9.18 Å². The molecule has 0 bridgehead atoms. The first-order valence-electron chi connectivity index (χ1n) is 8.39. The molecule has 0 amide bonds. The van der Waals surface area contributed by atoms with Crippen molar-refractivity contribution < 1.29 is 13.9 Å². The zero-order valence-electron chi connectivity index (χ0n) is 14.9. The van der Waals surface area contributed by atoms with Crippen molar-refractivity contribution in [2.75, 3.05) is 6.54 Å². The average Bonchev–Trinajstić information content (AvgIpc) is 2.48. The topological polar surface area (TPSA) is 38.3 Å². The van der Waals surface area contributed by atoms with E-state index in [1.807, 2.05) is 46.8 Å². The van der Waals surface area contributed by atoms with Gasteiger partial charge in [-0.2, -0.15) is 0 Å². The second-order valence-electron chi connectivity index (χ2n) is 7.70. The highest BCUT2D eigenvalue weighted by Crippen LogP contribution is 2.32. The second kappa shape index (κ2) is 6.60. The molecule has 1 unspecified atom stereocenters. The molecule has 128 valence electrons. The van der Waals surface area contributed by atoms with E-state index in [-0.39, 0.29) is 11.8 Å². The SMILES string of the molecule is CCC(C)(Cc1ccc2c(c1F)CCNC2)C(=O)OC(C)(C)C. The Morgan fingerprint density at radius 1 is 1.30 bits per heavy atom. The Hall–Kier alpha value is -1.42. The van der Waals surface area contributed by atoms with E-state index in [0.29, 0.717) is 31.4 Å². The standard InChI is InChI=1S/C19H28FNO2/c1-6-19(5,17(22)23-18(2,3)4)11-13-7-8-14-12-21-10-9-15(14)16(13)20/h7-8,21H,6,9-12H2,1-5H3. The van der Waals surface area contributed by atoms with Gasteiger partial charge < -0.3 is 10.1 Å². The molecule has 0 saturated carbocycles. The van der Waals surface area contributed by atoms with E-state index in [0.717, 1.165) is 17.7 Å². The van der Waals surface area contributed by atoms with Crippen molar-refractivity contribution in [3.8, 4) is 0 Å². The molecule has 0 radical (unpaired) electrons. The molecule has 1 aliphatic heterocycles. The summed E-state index contributed by atoms with van der Waals surface area (Å²) in [6, 6.07) is 3.80. The lowest BCUT2D eigenvalue weighted by atomic mass is 9.80. The predicted octanol–water partition coefficient (Wildman–Crippen LogP) is 3.77. The van der Waals surface area contributed by atoms with Crippen LogP contribution < -0.4 is 5.32 Å². The fraction of sp³-hybridized carbons (Fsp3) is 0.632. The maximum absolute atomic E-state index is 14.8. The van der Waals surface area contributed by atoms with Crippen LogP contribution in [0.1, 0.15) is 57.7 Å². The molecule has 0 spiro atoms. The molecule has 2 rings (SSSR count). The molecule has 23 heavy (non-hydrogen) atoms. The number of rotatable bonds is 4. The Kier molecular flexibility index (Phi) is 5.14. The van der Waals surface area contributed by atoms with Crippen LogP contribution in [-0.2, 0) is 28.9 Å². The van der Waals surface area contributed by atoms with Crippen LogP contribution in [0.25, 0.3) is 0 Å². The third kappa shape index (κ3) is 4.11. The van der Waals surface area contributed by atoms with E-state index in [4.69, 9.17) is 4.74 Å². The van der Waals surface area contributed by atoms with Gasteiger partial charge in [-0.25, -0.2) is 4.39 Å². The van der Waals surface area contributed by atoms with Crippen LogP contribution in [0.5, 0.6) is 0 Å². The van der Waals surface area contributed by atoms with Crippen LogP contribution >= 0.6 is 0 Å². The molecule has 1 aromatic carbocycles. The molecule has 1 heterocycles. The molecule has 0 saturated heterocycles. The normalized spacial score (nSPS) is 17.3. The lowest BCUT2D eigenvalue weighted by Gasteiger charge is -2.31. The van der Waals surface area contributed by atoms with Crippen molar-refractivity contribution in [3.05, 3.63) is 34.6 Å². The van der Waals surface area contributed by atoms with Gasteiger partial charge in [-0.1, -0.05) is 19.1 Å². The quantitative estimate of drug-likeness (QED) is 0.858. The third-order valence-corrected chi connectivity index (χ3v) is 4.54. The molecule has 1 atom stereocenters. The fourth-order valence-electron chi connectivity index (χ4n) is 2.88. The summed E-state index contributed by atoms with van der Waals surface area (Å²) in [5.41, 5.74) is 1.18. The number of esters is 1. The summed E-state index contributed by atoms with van der Waals surface area (Å²) < 4.78 is 20.4. The average molecular weight is 321 g/mol. The minimum absolute atomic E-state index is 0.146. The highest BCUT2D eigenvalue weighted by atomic mass is 19.1. The van der Waals surface area contributed by atoms with Gasteiger partial charge in [0.05, 0.1) is 5.41 Å². The molecule has 4 heteroatoms. The molecule has 0 fully saturated rings. The highest BCUT2D eigenvalue weighted by Gasteiger charge is 2.36. The number of benzene rings is 1. The smallest absolute Gasteiger partial charge is 0.312 e. The van der Waals surface area contributed by atoms with Crippen molar-refractivity contribution in [2.24, 2.45) is 5.41 Å². The molecule has 1 aliphatic rings. The van der Waals surface area contributed by atoms with Gasteiger partial charge in [0.15, 0.2) is 0 Å². The monoisotopic (exact) mass is 321 g/mol. The van der Waals surface area contributed by atoms with Gasteiger partial charge in [-0.15, -0.1) is 0 Å². The molecule has 3 nitrogen and oxygen atoms in total. The lowest BCUT2D eigenvalue weighted by Crippen LogP contribution is -2.37. The van der Waals surface area contributed by atoms with Gasteiger partial charge in [0, 0.05) is 6.54 Å². The highest BCUT2D eigenvalue weighted by molar-refractivity contribution is 5.77. The first-order valence-corrected chi connectivity index (χ1v) is 8.39. The first kappa shape index (κ1) is 17.9. The van der Waals surface area contributed by atoms with Gasteiger partial charge in [-0.3, -0.25) is 4.79 Å². The minimum atomic E-state index is -0.713. The second-order valence-corrected chi connectivity index (χ2v) is 7.70. The number of hydrogen-bond donors (Lipinski definition) is 1. The van der Waals surface area contributed by atoms with Gasteiger partial charge >= 0.3 is 5.97 Å². The van der Waals surface area contributed by atoms with Gasteiger partial charge in [0.1, 0.15) is 11.4 Å². The van der Waals surface area contributed by atoms with E-state index in [1.54, 1.807) is 0 Å².